The topological polar surface area (TPSA) is 109 Å². The second kappa shape index (κ2) is 11.9. The number of benzene rings is 2. The Balaban J connectivity index is 1.29. The fourth-order valence-corrected chi connectivity index (χ4v) is 7.78. The van der Waals surface area contributed by atoms with Crippen molar-refractivity contribution in [2.24, 2.45) is 13.0 Å². The van der Waals surface area contributed by atoms with Crippen LogP contribution in [0.5, 0.6) is 0 Å². The van der Waals surface area contributed by atoms with Gasteiger partial charge >= 0.3 is 5.97 Å². The Morgan fingerprint density at radius 1 is 1.00 bits per heavy atom. The number of sulfonamides is 1. The zero-order chi connectivity index (χ0) is 28.4. The maximum atomic E-state index is 13.4. The summed E-state index contributed by atoms with van der Waals surface area (Å²) in [5.41, 5.74) is 3.25. The molecule has 2 aromatic carbocycles. The Hall–Kier alpha value is -2.88. The number of hydrogen-bond donors (Lipinski definition) is 2. The molecule has 1 aliphatic heterocycles. The van der Waals surface area contributed by atoms with Gasteiger partial charge in [-0.25, -0.2) is 13.1 Å². The molecule has 1 saturated carbocycles. The van der Waals surface area contributed by atoms with Crippen LogP contribution in [0.4, 0.5) is 0 Å². The Morgan fingerprint density at radius 2 is 1.68 bits per heavy atom. The van der Waals surface area contributed by atoms with Crippen LogP contribution in [0.1, 0.15) is 56.9 Å². The first-order valence-electron chi connectivity index (χ1n) is 14.0. The van der Waals surface area contributed by atoms with Crippen molar-refractivity contribution in [2.45, 2.75) is 68.7 Å². The second-order valence-corrected chi connectivity index (χ2v) is 13.1. The Kier molecular flexibility index (Phi) is 8.54. The van der Waals surface area contributed by atoms with E-state index in [-0.39, 0.29) is 29.2 Å². The monoisotopic (exact) mass is 585 g/mol. The Labute approximate surface area is 240 Å². The van der Waals surface area contributed by atoms with Crippen LogP contribution in [-0.4, -0.2) is 54.0 Å². The number of aryl methyl sites for hydroxylation is 2. The van der Waals surface area contributed by atoms with Gasteiger partial charge in [0.15, 0.2) is 0 Å². The third kappa shape index (κ3) is 6.06. The van der Waals surface area contributed by atoms with Gasteiger partial charge in [-0.2, -0.15) is 0 Å². The number of amides is 1. The fraction of sp³-hybridized carbons (Fsp3) is 0.467. The summed E-state index contributed by atoms with van der Waals surface area (Å²) in [6.45, 7) is 1.69. The summed E-state index contributed by atoms with van der Waals surface area (Å²) in [6.07, 6.45) is 6.54. The van der Waals surface area contributed by atoms with Crippen molar-refractivity contribution in [3.05, 3.63) is 53.1 Å². The van der Waals surface area contributed by atoms with Crippen molar-refractivity contribution in [1.82, 2.24) is 14.2 Å². The summed E-state index contributed by atoms with van der Waals surface area (Å²) >= 11 is 6.76. The summed E-state index contributed by atoms with van der Waals surface area (Å²) < 4.78 is 31.5. The highest BCUT2D eigenvalue weighted by Crippen LogP contribution is 2.38. The fourth-order valence-electron chi connectivity index (χ4n) is 6.06. The predicted octanol–water partition coefficient (Wildman–Crippen LogP) is 5.37. The molecule has 0 atom stereocenters. The normalized spacial score (nSPS) is 20.1. The number of rotatable bonds is 8. The summed E-state index contributed by atoms with van der Waals surface area (Å²) in [5, 5.41) is 10.2. The summed E-state index contributed by atoms with van der Waals surface area (Å²) in [7, 11) is -1.91. The van der Waals surface area contributed by atoms with Crippen LogP contribution >= 0.6 is 11.6 Å². The second-order valence-electron chi connectivity index (χ2n) is 11.0. The zero-order valence-electron chi connectivity index (χ0n) is 22.7. The quantitative estimate of drug-likeness (QED) is 0.370. The molecule has 0 spiro atoms. The number of carboxylic acids is 1. The lowest BCUT2D eigenvalue weighted by atomic mass is 9.85. The molecule has 0 radical (unpaired) electrons. The number of carboxylic acid groups (broad SMARTS) is 1. The molecule has 1 aromatic heterocycles. The summed E-state index contributed by atoms with van der Waals surface area (Å²) in [6, 6.07) is 12.4. The van der Waals surface area contributed by atoms with E-state index in [0.717, 1.165) is 48.1 Å². The van der Waals surface area contributed by atoms with Gasteiger partial charge in [0.05, 0.1) is 21.1 Å². The molecule has 2 aliphatic rings. The van der Waals surface area contributed by atoms with Crippen LogP contribution in [0.15, 0.2) is 47.4 Å². The lowest BCUT2D eigenvalue weighted by molar-refractivity contribution is -0.138. The van der Waals surface area contributed by atoms with Crippen LogP contribution in [0, 0.1) is 5.92 Å². The number of piperidine rings is 1. The van der Waals surface area contributed by atoms with Gasteiger partial charge in [0.1, 0.15) is 0 Å². The van der Waals surface area contributed by atoms with Crippen molar-refractivity contribution >= 4 is 44.4 Å². The molecule has 40 heavy (non-hydrogen) atoms. The minimum atomic E-state index is -3.76. The maximum absolute atomic E-state index is 13.4. The van der Waals surface area contributed by atoms with Gasteiger partial charge in [0.2, 0.25) is 15.9 Å². The van der Waals surface area contributed by atoms with Crippen molar-refractivity contribution < 1.29 is 23.1 Å². The number of nitrogens with zero attached hydrogens (tertiary/aromatic N) is 2. The largest absolute Gasteiger partial charge is 0.481 e. The number of likely N-dealkylation sites (tertiary alicyclic amines) is 1. The summed E-state index contributed by atoms with van der Waals surface area (Å²) in [5.74, 6) is -0.611. The van der Waals surface area contributed by atoms with E-state index in [2.05, 4.69) is 4.72 Å². The number of carbonyl (C=O) groups excluding carboxylic acids is 1. The van der Waals surface area contributed by atoms with Crippen LogP contribution in [0.2, 0.25) is 5.02 Å². The maximum Gasteiger partial charge on any atom is 0.303 e. The van der Waals surface area contributed by atoms with Gasteiger partial charge in [0, 0.05) is 43.9 Å². The van der Waals surface area contributed by atoms with E-state index >= 15 is 0 Å². The van der Waals surface area contributed by atoms with Crippen LogP contribution in [-0.2, 0) is 33.1 Å². The van der Waals surface area contributed by atoms with Gasteiger partial charge in [-0.1, -0.05) is 35.9 Å². The molecule has 1 amide bonds. The van der Waals surface area contributed by atoms with Crippen LogP contribution in [0.25, 0.3) is 22.2 Å². The van der Waals surface area contributed by atoms with E-state index in [1.165, 1.54) is 6.42 Å². The van der Waals surface area contributed by atoms with Gasteiger partial charge in [0.25, 0.3) is 0 Å². The van der Waals surface area contributed by atoms with E-state index in [4.69, 9.17) is 16.7 Å². The Bertz CT molecular complexity index is 1500. The van der Waals surface area contributed by atoms with Gasteiger partial charge in [-0.3, -0.25) is 9.59 Å². The highest BCUT2D eigenvalue weighted by atomic mass is 35.5. The molecular formula is C30H36ClN3O5S. The van der Waals surface area contributed by atoms with E-state index in [0.29, 0.717) is 42.6 Å². The average Bonchev–Trinajstić information content (AvgIpc) is 3.21. The van der Waals surface area contributed by atoms with E-state index in [1.54, 1.807) is 18.2 Å². The first-order valence-corrected chi connectivity index (χ1v) is 15.9. The molecular weight excluding hydrogens is 550 g/mol. The number of aromatic nitrogens is 1. The molecule has 5 rings (SSSR count). The van der Waals surface area contributed by atoms with Gasteiger partial charge in [-0.15, -0.1) is 0 Å². The molecule has 8 nitrogen and oxygen atoms in total. The SMILES string of the molecule is Cn1c(-c2ccc(CCC(=O)O)cc2)c(Cl)c2ccc(S(=O)(=O)N[C@H]3CC[C@H](C(=O)N4CCCCC4)CC3)cc21. The standard InChI is InChI=1S/C30H36ClN3O5S/c1-33-26-19-24(14-15-25(26)28(31)29(33)21-8-5-20(6-9-21)7-16-27(35)36)40(38,39)32-23-12-10-22(11-13-23)30(37)34-17-3-2-4-18-34/h5-6,8-9,14-15,19,22-23,32H,2-4,7,10-13,16-18H2,1H3,(H,35,36)/t22-,23-. The smallest absolute Gasteiger partial charge is 0.303 e. The number of carbonyl (C=O) groups is 2. The molecule has 2 fully saturated rings. The highest BCUT2D eigenvalue weighted by molar-refractivity contribution is 7.89. The summed E-state index contributed by atoms with van der Waals surface area (Å²) in [4.78, 5) is 25.9. The molecule has 3 aromatic rings. The lowest BCUT2D eigenvalue weighted by Gasteiger charge is -2.34. The van der Waals surface area contributed by atoms with Crippen molar-refractivity contribution in [3.63, 3.8) is 0 Å². The highest BCUT2D eigenvalue weighted by Gasteiger charge is 2.32. The first kappa shape index (κ1) is 28.6. The Morgan fingerprint density at radius 3 is 2.33 bits per heavy atom. The lowest BCUT2D eigenvalue weighted by Crippen LogP contribution is -2.43. The minimum Gasteiger partial charge on any atom is -0.481 e. The van der Waals surface area contributed by atoms with Crippen LogP contribution < -0.4 is 4.72 Å². The van der Waals surface area contributed by atoms with E-state index in [1.807, 2.05) is 40.8 Å². The number of fused-ring (bicyclic) bond motifs is 1. The molecule has 0 bridgehead atoms. The molecule has 0 unspecified atom stereocenters. The minimum absolute atomic E-state index is 0.00892. The van der Waals surface area contributed by atoms with E-state index < -0.39 is 16.0 Å². The molecule has 2 N–H and O–H groups in total. The van der Waals surface area contributed by atoms with Crippen molar-refractivity contribution in [3.8, 4) is 11.3 Å². The van der Waals surface area contributed by atoms with Gasteiger partial charge < -0.3 is 14.6 Å². The number of hydrogen-bond acceptors (Lipinski definition) is 4. The predicted molar refractivity (Wildman–Crippen MR) is 156 cm³/mol. The molecule has 214 valence electrons. The number of aliphatic carboxylic acids is 1. The van der Waals surface area contributed by atoms with Crippen molar-refractivity contribution in [1.29, 1.82) is 0 Å². The molecule has 1 aliphatic carbocycles. The molecule has 10 heteroatoms. The third-order valence-electron chi connectivity index (χ3n) is 8.34. The zero-order valence-corrected chi connectivity index (χ0v) is 24.3. The first-order chi connectivity index (χ1) is 19.1. The molecule has 1 saturated heterocycles. The van der Waals surface area contributed by atoms with Crippen molar-refractivity contribution in [2.75, 3.05) is 13.1 Å². The average molecular weight is 586 g/mol. The van der Waals surface area contributed by atoms with Gasteiger partial charge in [-0.05, 0) is 80.7 Å². The third-order valence-corrected chi connectivity index (χ3v) is 10.2. The number of nitrogens with one attached hydrogen (secondary N) is 1. The number of halogens is 1. The van der Waals surface area contributed by atoms with Crippen LogP contribution in [0.3, 0.4) is 0 Å². The van der Waals surface area contributed by atoms with E-state index in [9.17, 15) is 18.0 Å². The molecule has 2 heterocycles.